The minimum Gasteiger partial charge on any atom is -0.507 e. The molecule has 0 heterocycles. The summed E-state index contributed by atoms with van der Waals surface area (Å²) in [6, 6.07) is 5.85. The van der Waals surface area contributed by atoms with E-state index >= 15 is 0 Å². The Labute approximate surface area is 117 Å². The number of phenols is 1. The fraction of sp³-hybridized carbons (Fsp3) is 0.529. The Morgan fingerprint density at radius 2 is 1.79 bits per heavy atom. The second-order valence-corrected chi connectivity index (χ2v) is 7.03. The molecule has 0 fully saturated rings. The van der Waals surface area contributed by atoms with Crippen LogP contribution in [0.4, 0.5) is 0 Å². The zero-order valence-corrected chi connectivity index (χ0v) is 12.8. The minimum absolute atomic E-state index is 0.0806. The molecule has 0 amide bonds. The van der Waals surface area contributed by atoms with E-state index in [9.17, 15) is 5.11 Å². The van der Waals surface area contributed by atoms with Gasteiger partial charge in [-0.1, -0.05) is 52.8 Å². The van der Waals surface area contributed by atoms with E-state index in [4.69, 9.17) is 5.73 Å². The lowest BCUT2D eigenvalue weighted by atomic mass is 9.72. The van der Waals surface area contributed by atoms with E-state index in [2.05, 4.69) is 40.7 Å². The molecule has 0 atom stereocenters. The third-order valence-corrected chi connectivity index (χ3v) is 3.21. The van der Waals surface area contributed by atoms with Crippen LogP contribution in [0.15, 0.2) is 24.3 Å². The largest absolute Gasteiger partial charge is 0.507 e. The molecule has 0 saturated heterocycles. The van der Waals surface area contributed by atoms with Gasteiger partial charge in [0.15, 0.2) is 0 Å². The van der Waals surface area contributed by atoms with Gasteiger partial charge in [0, 0.05) is 12.1 Å². The average Bonchev–Trinajstić information content (AvgIpc) is 2.24. The Bertz CT molecular complexity index is 453. The van der Waals surface area contributed by atoms with Crippen LogP contribution in [0.3, 0.4) is 0 Å². The number of benzene rings is 1. The number of rotatable bonds is 4. The summed E-state index contributed by atoms with van der Waals surface area (Å²) in [5.74, 6) is 0.306. The topological polar surface area (TPSA) is 46.2 Å². The molecule has 0 aliphatic carbocycles. The van der Waals surface area contributed by atoms with Gasteiger partial charge in [-0.25, -0.2) is 0 Å². The van der Waals surface area contributed by atoms with Crippen LogP contribution < -0.4 is 5.73 Å². The summed E-state index contributed by atoms with van der Waals surface area (Å²) in [7, 11) is 0. The van der Waals surface area contributed by atoms with E-state index in [0.717, 1.165) is 12.0 Å². The first-order valence-electron chi connectivity index (χ1n) is 6.86. The maximum absolute atomic E-state index is 9.87. The lowest BCUT2D eigenvalue weighted by Gasteiger charge is -2.33. The van der Waals surface area contributed by atoms with Crippen molar-refractivity contribution in [3.05, 3.63) is 35.4 Å². The molecule has 0 spiro atoms. The summed E-state index contributed by atoms with van der Waals surface area (Å²) in [5.41, 5.74) is 7.90. The van der Waals surface area contributed by atoms with Gasteiger partial charge >= 0.3 is 0 Å². The predicted octanol–water partition coefficient (Wildman–Crippen LogP) is 4.08. The number of aromatic hydroxyl groups is 1. The van der Waals surface area contributed by atoms with Crippen LogP contribution in [-0.2, 0) is 5.41 Å². The first kappa shape index (κ1) is 15.8. The summed E-state index contributed by atoms with van der Waals surface area (Å²) < 4.78 is 0. The van der Waals surface area contributed by atoms with E-state index in [1.807, 2.05) is 18.2 Å². The third-order valence-electron chi connectivity index (χ3n) is 3.21. The van der Waals surface area contributed by atoms with Gasteiger partial charge in [-0.2, -0.15) is 0 Å². The van der Waals surface area contributed by atoms with Crippen LogP contribution in [0, 0.1) is 5.41 Å². The molecule has 0 unspecified atom stereocenters. The Morgan fingerprint density at radius 3 is 2.32 bits per heavy atom. The van der Waals surface area contributed by atoms with Crippen molar-refractivity contribution in [2.45, 2.75) is 46.5 Å². The normalized spacial score (nSPS) is 13.2. The Kier molecular flexibility index (Phi) is 4.81. The molecule has 0 saturated carbocycles. The van der Waals surface area contributed by atoms with Crippen molar-refractivity contribution >= 4 is 6.08 Å². The number of hydrogen-bond acceptors (Lipinski definition) is 2. The summed E-state index contributed by atoms with van der Waals surface area (Å²) in [6.07, 6.45) is 4.83. The molecule has 0 aliphatic rings. The maximum Gasteiger partial charge on any atom is 0.122 e. The van der Waals surface area contributed by atoms with Gasteiger partial charge in [0.05, 0.1) is 0 Å². The lowest BCUT2D eigenvalue weighted by molar-refractivity contribution is 0.284. The number of hydrogen-bond donors (Lipinski definition) is 2. The molecule has 0 bridgehead atoms. The smallest absolute Gasteiger partial charge is 0.122 e. The van der Waals surface area contributed by atoms with E-state index in [1.54, 1.807) is 6.07 Å². The molecule has 1 aromatic rings. The van der Waals surface area contributed by atoms with Gasteiger partial charge < -0.3 is 10.8 Å². The first-order valence-corrected chi connectivity index (χ1v) is 6.86. The zero-order valence-electron chi connectivity index (χ0n) is 12.8. The molecular weight excluding hydrogens is 234 g/mol. The lowest BCUT2D eigenvalue weighted by Crippen LogP contribution is -2.24. The van der Waals surface area contributed by atoms with E-state index in [-0.39, 0.29) is 10.8 Å². The van der Waals surface area contributed by atoms with Crippen LogP contribution in [0.2, 0.25) is 0 Å². The molecule has 2 heteroatoms. The van der Waals surface area contributed by atoms with Gasteiger partial charge in [-0.05, 0) is 34.9 Å². The summed E-state index contributed by atoms with van der Waals surface area (Å²) in [5, 5.41) is 9.87. The first-order chi connectivity index (χ1) is 8.65. The molecule has 3 N–H and O–H groups in total. The van der Waals surface area contributed by atoms with Crippen LogP contribution in [0.5, 0.6) is 5.75 Å². The molecule has 106 valence electrons. The quantitative estimate of drug-likeness (QED) is 0.858. The highest BCUT2D eigenvalue weighted by Crippen LogP contribution is 2.37. The van der Waals surface area contributed by atoms with Crippen LogP contribution >= 0.6 is 0 Å². The van der Waals surface area contributed by atoms with Crippen LogP contribution in [0.25, 0.3) is 6.08 Å². The van der Waals surface area contributed by atoms with Gasteiger partial charge in [0.25, 0.3) is 0 Å². The van der Waals surface area contributed by atoms with E-state index in [0.29, 0.717) is 12.3 Å². The SMILES string of the molecule is CC(C)(C)CC(C)(C)c1ccc(O)c(/C=C/CN)c1. The van der Waals surface area contributed by atoms with Crippen molar-refractivity contribution in [3.63, 3.8) is 0 Å². The van der Waals surface area contributed by atoms with Crippen LogP contribution in [0.1, 0.15) is 52.2 Å². The molecule has 2 nitrogen and oxygen atoms in total. The summed E-state index contributed by atoms with van der Waals surface area (Å²) >= 11 is 0. The van der Waals surface area contributed by atoms with Gasteiger partial charge in [0.2, 0.25) is 0 Å². The Morgan fingerprint density at radius 1 is 1.16 bits per heavy atom. The molecule has 0 aliphatic heterocycles. The third kappa shape index (κ3) is 4.71. The van der Waals surface area contributed by atoms with Gasteiger partial charge in [-0.3, -0.25) is 0 Å². The minimum atomic E-state index is 0.0806. The van der Waals surface area contributed by atoms with Crippen molar-refractivity contribution in [1.82, 2.24) is 0 Å². The van der Waals surface area contributed by atoms with Crippen molar-refractivity contribution in [2.75, 3.05) is 6.54 Å². The Hall–Kier alpha value is -1.28. The summed E-state index contributed by atoms with van der Waals surface area (Å²) in [6.45, 7) is 11.7. The Balaban J connectivity index is 3.10. The fourth-order valence-corrected chi connectivity index (χ4v) is 2.73. The molecule has 0 radical (unpaired) electrons. The maximum atomic E-state index is 9.87. The van der Waals surface area contributed by atoms with E-state index < -0.39 is 0 Å². The second kappa shape index (κ2) is 5.79. The highest BCUT2D eigenvalue weighted by molar-refractivity contribution is 5.58. The van der Waals surface area contributed by atoms with E-state index in [1.165, 1.54) is 5.56 Å². The summed E-state index contributed by atoms with van der Waals surface area (Å²) in [4.78, 5) is 0. The standard InChI is InChI=1S/C17H27NO/c1-16(2,3)12-17(4,5)14-8-9-15(19)13(11-14)7-6-10-18/h6-9,11,19H,10,12,18H2,1-5H3/b7-6+. The fourth-order valence-electron chi connectivity index (χ4n) is 2.73. The predicted molar refractivity (Wildman–Crippen MR) is 83.3 cm³/mol. The average molecular weight is 261 g/mol. The zero-order chi connectivity index (χ0) is 14.7. The molecule has 0 aromatic heterocycles. The number of phenolic OH excluding ortho intramolecular Hbond substituents is 1. The molecule has 19 heavy (non-hydrogen) atoms. The molecular formula is C17H27NO. The van der Waals surface area contributed by atoms with Crippen molar-refractivity contribution in [2.24, 2.45) is 11.1 Å². The van der Waals surface area contributed by atoms with Crippen molar-refractivity contribution < 1.29 is 5.11 Å². The van der Waals surface area contributed by atoms with Crippen molar-refractivity contribution in [1.29, 1.82) is 0 Å². The monoisotopic (exact) mass is 261 g/mol. The van der Waals surface area contributed by atoms with Crippen LogP contribution in [-0.4, -0.2) is 11.7 Å². The second-order valence-electron chi connectivity index (χ2n) is 7.03. The molecule has 1 aromatic carbocycles. The highest BCUT2D eigenvalue weighted by atomic mass is 16.3. The molecule has 1 rings (SSSR count). The number of nitrogens with two attached hydrogens (primary N) is 1. The highest BCUT2D eigenvalue weighted by Gasteiger charge is 2.27. The van der Waals surface area contributed by atoms with Crippen molar-refractivity contribution in [3.8, 4) is 5.75 Å². The van der Waals surface area contributed by atoms with Gasteiger partial charge in [-0.15, -0.1) is 0 Å². The van der Waals surface area contributed by atoms with Gasteiger partial charge in [0.1, 0.15) is 5.75 Å².